The van der Waals surface area contributed by atoms with Crippen molar-refractivity contribution in [1.82, 2.24) is 10.3 Å². The highest BCUT2D eigenvalue weighted by Gasteiger charge is 2.27. The monoisotopic (exact) mass is 222 g/mol. The van der Waals surface area contributed by atoms with Crippen LogP contribution in [0.15, 0.2) is 18.3 Å². The van der Waals surface area contributed by atoms with Gasteiger partial charge in [-0.2, -0.15) is 0 Å². The molecule has 0 radical (unpaired) electrons. The van der Waals surface area contributed by atoms with Crippen LogP contribution < -0.4 is 16.8 Å². The van der Waals surface area contributed by atoms with Gasteiger partial charge < -0.3 is 16.8 Å². The van der Waals surface area contributed by atoms with E-state index >= 15 is 0 Å². The molecule has 0 aromatic carbocycles. The van der Waals surface area contributed by atoms with Gasteiger partial charge in [-0.3, -0.25) is 14.6 Å². The molecule has 1 rings (SSSR count). The third kappa shape index (κ3) is 2.69. The predicted molar refractivity (Wildman–Crippen MR) is 59.4 cm³/mol. The normalized spacial score (nSPS) is 10.9. The number of nitrogens with zero attached hydrogens (tertiary/aromatic N) is 1. The van der Waals surface area contributed by atoms with Crippen LogP contribution in [0.5, 0.6) is 0 Å². The Morgan fingerprint density at radius 2 is 2.06 bits per heavy atom. The lowest BCUT2D eigenvalue weighted by Gasteiger charge is -2.21. The Hall–Kier alpha value is -2.11. The second-order valence-corrected chi connectivity index (χ2v) is 3.92. The van der Waals surface area contributed by atoms with Crippen molar-refractivity contribution in [3.8, 4) is 0 Å². The van der Waals surface area contributed by atoms with E-state index in [1.807, 2.05) is 0 Å². The van der Waals surface area contributed by atoms with Crippen LogP contribution in [-0.4, -0.2) is 22.3 Å². The fraction of sp³-hybridized carbons (Fsp3) is 0.300. The summed E-state index contributed by atoms with van der Waals surface area (Å²) in [6.07, 6.45) is 1.42. The van der Waals surface area contributed by atoms with Gasteiger partial charge in [0.05, 0.1) is 0 Å². The molecule has 1 aromatic rings. The molecule has 0 aliphatic carbocycles. The van der Waals surface area contributed by atoms with Gasteiger partial charge in [0.15, 0.2) is 0 Å². The van der Waals surface area contributed by atoms with Gasteiger partial charge in [-0.15, -0.1) is 0 Å². The van der Waals surface area contributed by atoms with E-state index < -0.39 is 17.4 Å². The van der Waals surface area contributed by atoms with Crippen LogP contribution in [0.3, 0.4) is 0 Å². The smallest absolute Gasteiger partial charge is 0.270 e. The van der Waals surface area contributed by atoms with Crippen molar-refractivity contribution in [3.63, 3.8) is 0 Å². The molecular weight excluding hydrogens is 208 g/mol. The number of anilines is 1. The second kappa shape index (κ2) is 4.18. The average molecular weight is 222 g/mol. The summed E-state index contributed by atoms with van der Waals surface area (Å²) >= 11 is 0. The SMILES string of the molecule is CC(C)(NC(=O)c1cc(N)ccn1)C(N)=O. The number of hydrogen-bond donors (Lipinski definition) is 3. The number of carbonyl (C=O) groups excluding carboxylic acids is 2. The molecule has 6 nitrogen and oxygen atoms in total. The lowest BCUT2D eigenvalue weighted by atomic mass is 10.0. The summed E-state index contributed by atoms with van der Waals surface area (Å²) in [5.41, 5.74) is 10.1. The van der Waals surface area contributed by atoms with E-state index in [1.54, 1.807) is 6.07 Å². The minimum Gasteiger partial charge on any atom is -0.399 e. The number of amides is 2. The molecule has 16 heavy (non-hydrogen) atoms. The number of carbonyl (C=O) groups is 2. The second-order valence-electron chi connectivity index (χ2n) is 3.92. The van der Waals surface area contributed by atoms with Crippen LogP contribution in [0.1, 0.15) is 24.3 Å². The van der Waals surface area contributed by atoms with Gasteiger partial charge >= 0.3 is 0 Å². The molecule has 0 aliphatic rings. The first-order valence-corrected chi connectivity index (χ1v) is 4.67. The first kappa shape index (κ1) is 12.0. The van der Waals surface area contributed by atoms with E-state index in [-0.39, 0.29) is 5.69 Å². The molecule has 0 fully saturated rings. The van der Waals surface area contributed by atoms with Crippen molar-refractivity contribution >= 4 is 17.5 Å². The first-order chi connectivity index (χ1) is 7.33. The number of nitrogens with one attached hydrogen (secondary N) is 1. The quantitative estimate of drug-likeness (QED) is 0.649. The van der Waals surface area contributed by atoms with Crippen LogP contribution in [-0.2, 0) is 4.79 Å². The maximum atomic E-state index is 11.7. The molecule has 6 heteroatoms. The number of aromatic nitrogens is 1. The molecule has 86 valence electrons. The highest BCUT2D eigenvalue weighted by molar-refractivity contribution is 5.97. The van der Waals surface area contributed by atoms with E-state index in [4.69, 9.17) is 11.5 Å². The predicted octanol–water partition coefficient (Wildman–Crippen LogP) is -0.342. The Balaban J connectivity index is 2.85. The maximum absolute atomic E-state index is 11.7. The molecule has 0 spiro atoms. The van der Waals surface area contributed by atoms with Crippen molar-refractivity contribution in [2.75, 3.05) is 5.73 Å². The average Bonchev–Trinajstić information content (AvgIpc) is 2.16. The Bertz CT molecular complexity index is 429. The van der Waals surface area contributed by atoms with Crippen LogP contribution >= 0.6 is 0 Å². The molecule has 2 amide bonds. The van der Waals surface area contributed by atoms with Gasteiger partial charge in [-0.1, -0.05) is 0 Å². The van der Waals surface area contributed by atoms with Crippen LogP contribution in [0.2, 0.25) is 0 Å². The van der Waals surface area contributed by atoms with E-state index in [9.17, 15) is 9.59 Å². The molecule has 1 aromatic heterocycles. The summed E-state index contributed by atoms with van der Waals surface area (Å²) in [6.45, 7) is 3.03. The number of hydrogen-bond acceptors (Lipinski definition) is 4. The van der Waals surface area contributed by atoms with Crippen molar-refractivity contribution in [2.24, 2.45) is 5.73 Å². The third-order valence-corrected chi connectivity index (χ3v) is 2.06. The van der Waals surface area contributed by atoms with E-state index in [1.165, 1.54) is 26.1 Å². The van der Waals surface area contributed by atoms with Crippen molar-refractivity contribution in [2.45, 2.75) is 19.4 Å². The summed E-state index contributed by atoms with van der Waals surface area (Å²) in [5, 5.41) is 2.47. The zero-order valence-electron chi connectivity index (χ0n) is 9.15. The lowest BCUT2D eigenvalue weighted by molar-refractivity contribution is -0.122. The van der Waals surface area contributed by atoms with Crippen LogP contribution in [0.4, 0.5) is 5.69 Å². The minimum absolute atomic E-state index is 0.148. The zero-order chi connectivity index (χ0) is 12.3. The van der Waals surface area contributed by atoms with Gasteiger partial charge in [0.25, 0.3) is 5.91 Å². The van der Waals surface area contributed by atoms with Gasteiger partial charge in [-0.05, 0) is 26.0 Å². The van der Waals surface area contributed by atoms with Crippen LogP contribution in [0, 0.1) is 0 Å². The molecule has 0 unspecified atom stereocenters. The van der Waals surface area contributed by atoms with E-state index in [2.05, 4.69) is 10.3 Å². The van der Waals surface area contributed by atoms with E-state index in [0.717, 1.165) is 0 Å². The molecule has 0 aliphatic heterocycles. The van der Waals surface area contributed by atoms with Gasteiger partial charge in [-0.25, -0.2) is 0 Å². The van der Waals surface area contributed by atoms with Gasteiger partial charge in [0.2, 0.25) is 5.91 Å². The first-order valence-electron chi connectivity index (χ1n) is 4.67. The largest absolute Gasteiger partial charge is 0.399 e. The van der Waals surface area contributed by atoms with Gasteiger partial charge in [0.1, 0.15) is 11.2 Å². The van der Waals surface area contributed by atoms with E-state index in [0.29, 0.717) is 5.69 Å². The molecule has 5 N–H and O–H groups in total. The highest BCUT2D eigenvalue weighted by Crippen LogP contribution is 2.06. The number of primary amides is 1. The van der Waals surface area contributed by atoms with Crippen molar-refractivity contribution in [3.05, 3.63) is 24.0 Å². The summed E-state index contributed by atoms with van der Waals surface area (Å²) in [7, 11) is 0. The molecule has 0 saturated carbocycles. The Morgan fingerprint density at radius 3 is 2.56 bits per heavy atom. The zero-order valence-corrected chi connectivity index (χ0v) is 9.15. The standard InChI is InChI=1S/C10H14N4O2/c1-10(2,9(12)16)14-8(15)7-5-6(11)3-4-13-7/h3-5H,1-2H3,(H2,11,13)(H2,12,16)(H,14,15). The highest BCUT2D eigenvalue weighted by atomic mass is 16.2. The van der Waals surface area contributed by atoms with Crippen molar-refractivity contribution in [1.29, 1.82) is 0 Å². The van der Waals surface area contributed by atoms with Crippen molar-refractivity contribution < 1.29 is 9.59 Å². The molecular formula is C10H14N4O2. The number of rotatable bonds is 3. The summed E-state index contributed by atoms with van der Waals surface area (Å²) in [4.78, 5) is 26.5. The molecule has 0 atom stereocenters. The fourth-order valence-corrected chi connectivity index (χ4v) is 0.981. The number of pyridine rings is 1. The molecule has 1 heterocycles. The van der Waals surface area contributed by atoms with Gasteiger partial charge in [0, 0.05) is 11.9 Å². The Kier molecular flexibility index (Phi) is 3.12. The maximum Gasteiger partial charge on any atom is 0.270 e. The number of nitrogen functional groups attached to an aromatic ring is 1. The fourth-order valence-electron chi connectivity index (χ4n) is 0.981. The lowest BCUT2D eigenvalue weighted by Crippen LogP contribution is -2.53. The molecule has 0 bridgehead atoms. The van der Waals surface area contributed by atoms with Crippen LogP contribution in [0.25, 0.3) is 0 Å². The minimum atomic E-state index is -1.12. The third-order valence-electron chi connectivity index (χ3n) is 2.06. The Labute approximate surface area is 93.0 Å². The summed E-state index contributed by atoms with van der Waals surface area (Å²) in [6, 6.07) is 2.99. The summed E-state index contributed by atoms with van der Waals surface area (Å²) in [5.74, 6) is -1.11. The number of nitrogens with two attached hydrogens (primary N) is 2. The Morgan fingerprint density at radius 1 is 1.44 bits per heavy atom. The molecule has 0 saturated heterocycles. The summed E-state index contributed by atoms with van der Waals surface area (Å²) < 4.78 is 0. The topological polar surface area (TPSA) is 111 Å².